The summed E-state index contributed by atoms with van der Waals surface area (Å²) in [6.07, 6.45) is 2.84. The normalized spacial score (nSPS) is 14.0. The van der Waals surface area contributed by atoms with Crippen LogP contribution in [-0.2, 0) is 6.42 Å². The number of carbonyl (C=O) groups is 2. The van der Waals surface area contributed by atoms with Crippen molar-refractivity contribution in [2.24, 2.45) is 0 Å². The Kier molecular flexibility index (Phi) is 3.46. The van der Waals surface area contributed by atoms with Crippen LogP contribution in [0.4, 0.5) is 4.79 Å². The summed E-state index contributed by atoms with van der Waals surface area (Å²) >= 11 is 3.21. The average Bonchev–Trinajstić information content (AvgIpc) is 2.92. The molecule has 0 spiro atoms. The van der Waals surface area contributed by atoms with Crippen LogP contribution in [0.15, 0.2) is 23.1 Å². The number of hydrogen-bond donors (Lipinski definition) is 1. The monoisotopic (exact) mass is 350 g/mol. The number of nitrogens with one attached hydrogen (secondary N) is 1. The van der Waals surface area contributed by atoms with Gasteiger partial charge in [0.1, 0.15) is 10.4 Å². The zero-order chi connectivity index (χ0) is 15.0. The Morgan fingerprint density at radius 1 is 1.48 bits per heavy atom. The number of aryl methyl sites for hydroxylation is 1. The van der Waals surface area contributed by atoms with Gasteiger partial charge < -0.3 is 4.74 Å². The van der Waals surface area contributed by atoms with Crippen LogP contribution >= 0.6 is 15.9 Å². The largest absolute Gasteiger partial charge is 0.422 e. The van der Waals surface area contributed by atoms with Crippen molar-refractivity contribution in [1.82, 2.24) is 20.1 Å². The Bertz CT molecular complexity index is 728. The predicted molar refractivity (Wildman–Crippen MR) is 76.0 cm³/mol. The van der Waals surface area contributed by atoms with E-state index in [4.69, 9.17) is 4.74 Å². The van der Waals surface area contributed by atoms with E-state index in [9.17, 15) is 9.59 Å². The topological polar surface area (TPSA) is 88.2 Å². The Morgan fingerprint density at radius 2 is 2.29 bits per heavy atom. The molecule has 108 valence electrons. The minimum Gasteiger partial charge on any atom is -0.409 e. The van der Waals surface area contributed by atoms with Crippen molar-refractivity contribution in [3.8, 4) is 5.75 Å². The third-order valence-electron chi connectivity index (χ3n) is 3.22. The number of fused-ring (bicyclic) bond motifs is 1. The molecule has 0 unspecified atom stereocenters. The summed E-state index contributed by atoms with van der Waals surface area (Å²) in [4.78, 5) is 29.5. The number of nitrogens with zero attached hydrogens (tertiary/aromatic N) is 3. The second-order valence-corrected chi connectivity index (χ2v) is 5.42. The average molecular weight is 351 g/mol. The molecule has 0 aromatic carbocycles. The van der Waals surface area contributed by atoms with Crippen molar-refractivity contribution in [1.29, 1.82) is 0 Å². The molecule has 0 bridgehead atoms. The maximum absolute atomic E-state index is 12.2. The molecule has 0 aliphatic carbocycles. The minimum absolute atomic E-state index is 0.262. The molecule has 0 saturated heterocycles. The molecule has 1 aliphatic heterocycles. The van der Waals surface area contributed by atoms with Crippen LogP contribution in [0, 0.1) is 6.92 Å². The van der Waals surface area contributed by atoms with Gasteiger partial charge in [-0.15, -0.1) is 0 Å². The van der Waals surface area contributed by atoms with Crippen LogP contribution in [0.5, 0.6) is 5.75 Å². The number of pyridine rings is 1. The number of rotatable bonds is 1. The fourth-order valence-electron chi connectivity index (χ4n) is 2.07. The molecule has 0 atom stereocenters. The highest BCUT2D eigenvalue weighted by atomic mass is 79.9. The van der Waals surface area contributed by atoms with Crippen LogP contribution in [0.3, 0.4) is 0 Å². The smallest absolute Gasteiger partial charge is 0.409 e. The first-order chi connectivity index (χ1) is 10.1. The van der Waals surface area contributed by atoms with Crippen molar-refractivity contribution in [3.63, 3.8) is 0 Å². The molecule has 3 heterocycles. The van der Waals surface area contributed by atoms with Gasteiger partial charge in [0.15, 0.2) is 0 Å². The summed E-state index contributed by atoms with van der Waals surface area (Å²) in [5, 5.41) is 6.57. The zero-order valence-corrected chi connectivity index (χ0v) is 12.7. The molecule has 1 aliphatic rings. The van der Waals surface area contributed by atoms with Gasteiger partial charge in [0.2, 0.25) is 0 Å². The Hall–Kier alpha value is -2.22. The van der Waals surface area contributed by atoms with Crippen molar-refractivity contribution in [2.45, 2.75) is 13.3 Å². The summed E-state index contributed by atoms with van der Waals surface area (Å²) in [6.45, 7) is 2.03. The summed E-state index contributed by atoms with van der Waals surface area (Å²) < 4.78 is 5.85. The molecule has 21 heavy (non-hydrogen) atoms. The van der Waals surface area contributed by atoms with Crippen LogP contribution in [0.2, 0.25) is 0 Å². The molecule has 2 aromatic rings. The van der Waals surface area contributed by atoms with Crippen LogP contribution in [0.1, 0.15) is 21.6 Å². The second kappa shape index (κ2) is 5.28. The Morgan fingerprint density at radius 3 is 3.10 bits per heavy atom. The number of imide groups is 1. The molecule has 0 saturated carbocycles. The lowest BCUT2D eigenvalue weighted by molar-refractivity contribution is 0.0737. The molecule has 8 heteroatoms. The van der Waals surface area contributed by atoms with Crippen LogP contribution in [-0.4, -0.2) is 38.6 Å². The molecule has 0 radical (unpaired) electrons. The first kappa shape index (κ1) is 13.7. The number of halogens is 1. The number of hydrogen-bond acceptors (Lipinski definition) is 5. The SMILES string of the molecule is Cc1cnc(Br)cc1OC(=O)N1CCc2[nH]ncc2C1=O. The van der Waals surface area contributed by atoms with E-state index in [-0.39, 0.29) is 6.54 Å². The summed E-state index contributed by atoms with van der Waals surface area (Å²) in [5.41, 5.74) is 1.86. The maximum Gasteiger partial charge on any atom is 0.422 e. The van der Waals surface area contributed by atoms with E-state index in [1.807, 2.05) is 0 Å². The molecular formula is C13H11BrN4O3. The van der Waals surface area contributed by atoms with E-state index < -0.39 is 12.0 Å². The molecule has 0 fully saturated rings. The first-order valence-electron chi connectivity index (χ1n) is 6.24. The third-order valence-corrected chi connectivity index (χ3v) is 3.65. The standard InChI is InChI=1S/C13H11BrN4O3/c1-7-5-15-11(14)4-10(7)21-13(20)18-3-2-9-8(12(18)19)6-16-17-9/h4-6H,2-3H2,1H3,(H,16,17). The van der Waals surface area contributed by atoms with Crippen molar-refractivity contribution >= 4 is 27.9 Å². The number of carbonyl (C=O) groups excluding carboxylic acids is 2. The highest BCUT2D eigenvalue weighted by Crippen LogP contribution is 2.23. The summed E-state index contributed by atoms with van der Waals surface area (Å²) in [6, 6.07) is 1.59. The zero-order valence-electron chi connectivity index (χ0n) is 11.1. The van der Waals surface area contributed by atoms with Gasteiger partial charge in [0.25, 0.3) is 5.91 Å². The molecule has 7 nitrogen and oxygen atoms in total. The van der Waals surface area contributed by atoms with Gasteiger partial charge in [-0.1, -0.05) is 0 Å². The van der Waals surface area contributed by atoms with E-state index in [0.717, 1.165) is 10.6 Å². The van der Waals surface area contributed by atoms with Gasteiger partial charge in [0.05, 0.1) is 11.8 Å². The lowest BCUT2D eigenvalue weighted by Gasteiger charge is -2.23. The number of aromatic amines is 1. The fourth-order valence-corrected chi connectivity index (χ4v) is 2.38. The molecule has 2 amide bonds. The Labute approximate surface area is 128 Å². The quantitative estimate of drug-likeness (QED) is 0.795. The van der Waals surface area contributed by atoms with Gasteiger partial charge in [-0.3, -0.25) is 9.89 Å². The van der Waals surface area contributed by atoms with Crippen molar-refractivity contribution < 1.29 is 14.3 Å². The van der Waals surface area contributed by atoms with Gasteiger partial charge in [0, 0.05) is 36.5 Å². The second-order valence-electron chi connectivity index (χ2n) is 4.61. The molecule has 1 N–H and O–H groups in total. The lowest BCUT2D eigenvalue weighted by atomic mass is 10.1. The van der Waals surface area contributed by atoms with E-state index in [2.05, 4.69) is 31.1 Å². The first-order valence-corrected chi connectivity index (χ1v) is 7.03. The predicted octanol–water partition coefficient (Wildman–Crippen LogP) is 2.07. The highest BCUT2D eigenvalue weighted by Gasteiger charge is 2.31. The lowest BCUT2D eigenvalue weighted by Crippen LogP contribution is -2.43. The number of aromatic nitrogens is 3. The Balaban J connectivity index is 1.80. The van der Waals surface area contributed by atoms with E-state index in [0.29, 0.717) is 27.9 Å². The van der Waals surface area contributed by atoms with Gasteiger partial charge in [-0.2, -0.15) is 5.10 Å². The van der Waals surface area contributed by atoms with E-state index >= 15 is 0 Å². The third kappa shape index (κ3) is 2.54. The van der Waals surface area contributed by atoms with Crippen molar-refractivity contribution in [3.05, 3.63) is 39.9 Å². The van der Waals surface area contributed by atoms with Crippen LogP contribution < -0.4 is 4.74 Å². The number of ether oxygens (including phenoxy) is 1. The van der Waals surface area contributed by atoms with Gasteiger partial charge in [-0.25, -0.2) is 14.7 Å². The summed E-state index contributed by atoms with van der Waals surface area (Å²) in [5.74, 6) is -0.0339. The molecular weight excluding hydrogens is 340 g/mol. The summed E-state index contributed by atoms with van der Waals surface area (Å²) in [7, 11) is 0. The maximum atomic E-state index is 12.2. The van der Waals surface area contributed by atoms with E-state index in [1.54, 1.807) is 19.2 Å². The van der Waals surface area contributed by atoms with Crippen LogP contribution in [0.25, 0.3) is 0 Å². The minimum atomic E-state index is -0.701. The number of amides is 2. The highest BCUT2D eigenvalue weighted by molar-refractivity contribution is 9.10. The van der Waals surface area contributed by atoms with Gasteiger partial charge >= 0.3 is 6.09 Å². The van der Waals surface area contributed by atoms with E-state index in [1.165, 1.54) is 6.20 Å². The number of H-pyrrole nitrogens is 1. The fraction of sp³-hybridized carbons (Fsp3) is 0.231. The molecule has 3 rings (SSSR count). The molecule has 2 aromatic heterocycles. The van der Waals surface area contributed by atoms with Crippen molar-refractivity contribution in [2.75, 3.05) is 6.54 Å². The van der Waals surface area contributed by atoms with Gasteiger partial charge in [-0.05, 0) is 22.9 Å².